The average Bonchev–Trinajstić information content (AvgIpc) is 1.99. The van der Waals surface area contributed by atoms with Gasteiger partial charge in [-0.25, -0.2) is 0 Å². The molecular formula is C7H5Cl2NO2. The van der Waals surface area contributed by atoms with Crippen molar-refractivity contribution in [3.63, 3.8) is 0 Å². The van der Waals surface area contributed by atoms with E-state index < -0.39 is 4.92 Å². The van der Waals surface area contributed by atoms with Gasteiger partial charge in [0.1, 0.15) is 0 Å². The summed E-state index contributed by atoms with van der Waals surface area (Å²) in [6.45, 7) is 1.67. The van der Waals surface area contributed by atoms with Crippen LogP contribution in [-0.2, 0) is 0 Å². The highest BCUT2D eigenvalue weighted by atomic mass is 35.5. The predicted molar refractivity (Wildman–Crippen MR) is 47.9 cm³/mol. The Labute approximate surface area is 79.1 Å². The van der Waals surface area contributed by atoms with Crippen molar-refractivity contribution < 1.29 is 4.92 Å². The van der Waals surface area contributed by atoms with Crippen LogP contribution in [0, 0.1) is 17.0 Å². The number of rotatable bonds is 1. The van der Waals surface area contributed by atoms with E-state index in [1.165, 1.54) is 12.1 Å². The Bertz CT molecular complexity index is 315. The van der Waals surface area contributed by atoms with Crippen LogP contribution >= 0.6 is 23.2 Å². The fourth-order valence-corrected chi connectivity index (χ4v) is 1.18. The molecule has 0 heterocycles. The Balaban J connectivity index is 3.31. The van der Waals surface area contributed by atoms with Gasteiger partial charge in [-0.15, -0.1) is 0 Å². The van der Waals surface area contributed by atoms with Crippen LogP contribution in [0.4, 0.5) is 5.69 Å². The minimum Gasteiger partial charge on any atom is -0.258 e. The van der Waals surface area contributed by atoms with Crippen molar-refractivity contribution in [3.05, 3.63) is 37.9 Å². The van der Waals surface area contributed by atoms with Gasteiger partial charge in [-0.1, -0.05) is 23.2 Å². The predicted octanol–water partition coefficient (Wildman–Crippen LogP) is 3.21. The van der Waals surface area contributed by atoms with E-state index in [0.29, 0.717) is 10.6 Å². The molecule has 0 saturated heterocycles. The summed E-state index contributed by atoms with van der Waals surface area (Å²) in [7, 11) is 0. The third-order valence-corrected chi connectivity index (χ3v) is 2.30. The number of aryl methyl sites for hydroxylation is 1. The van der Waals surface area contributed by atoms with E-state index in [4.69, 9.17) is 23.2 Å². The van der Waals surface area contributed by atoms with Gasteiger partial charge in [0.15, 0.2) is 0 Å². The Morgan fingerprint density at radius 1 is 1.42 bits per heavy atom. The maximum atomic E-state index is 10.3. The number of non-ortho nitro benzene ring substituents is 1. The molecule has 64 valence electrons. The molecule has 1 rings (SSSR count). The Kier molecular flexibility index (Phi) is 2.55. The van der Waals surface area contributed by atoms with Gasteiger partial charge >= 0.3 is 0 Å². The maximum absolute atomic E-state index is 10.3. The largest absolute Gasteiger partial charge is 0.271 e. The van der Waals surface area contributed by atoms with Gasteiger partial charge in [0.25, 0.3) is 5.69 Å². The van der Waals surface area contributed by atoms with Crippen molar-refractivity contribution in [2.24, 2.45) is 0 Å². The first-order valence-corrected chi connectivity index (χ1v) is 3.88. The number of nitro groups is 1. The average molecular weight is 206 g/mol. The standard InChI is InChI=1S/C7H5Cl2NO2/c1-4-2-5(10(11)12)3-6(8)7(4)9/h2-3H,1H3. The van der Waals surface area contributed by atoms with E-state index in [0.717, 1.165) is 0 Å². The van der Waals surface area contributed by atoms with Gasteiger partial charge in [-0.2, -0.15) is 0 Å². The van der Waals surface area contributed by atoms with Gasteiger partial charge in [-0.3, -0.25) is 10.1 Å². The molecule has 0 aliphatic heterocycles. The summed E-state index contributed by atoms with van der Waals surface area (Å²) >= 11 is 11.3. The van der Waals surface area contributed by atoms with Crippen LogP contribution in [0.3, 0.4) is 0 Å². The number of nitro benzene ring substituents is 1. The number of hydrogen-bond acceptors (Lipinski definition) is 2. The SMILES string of the molecule is Cc1cc([N+](=O)[O-])cc(Cl)c1Cl. The summed E-state index contributed by atoms with van der Waals surface area (Å²) in [5.41, 5.74) is 0.567. The summed E-state index contributed by atoms with van der Waals surface area (Å²) in [5.74, 6) is 0. The second kappa shape index (κ2) is 3.29. The molecule has 0 N–H and O–H groups in total. The second-order valence-corrected chi connectivity index (χ2v) is 3.10. The van der Waals surface area contributed by atoms with E-state index >= 15 is 0 Å². The van der Waals surface area contributed by atoms with Crippen LogP contribution < -0.4 is 0 Å². The van der Waals surface area contributed by atoms with Crippen molar-refractivity contribution >= 4 is 28.9 Å². The molecule has 5 heteroatoms. The molecule has 0 saturated carbocycles. The zero-order valence-corrected chi connectivity index (χ0v) is 7.69. The first-order valence-electron chi connectivity index (χ1n) is 3.12. The summed E-state index contributed by atoms with van der Waals surface area (Å²) in [6.07, 6.45) is 0. The molecule has 0 unspecified atom stereocenters. The zero-order valence-electron chi connectivity index (χ0n) is 6.17. The highest BCUT2D eigenvalue weighted by Gasteiger charge is 2.10. The summed E-state index contributed by atoms with van der Waals surface area (Å²) in [6, 6.07) is 2.62. The van der Waals surface area contributed by atoms with Crippen LogP contribution in [0.15, 0.2) is 12.1 Å². The van der Waals surface area contributed by atoms with Crippen molar-refractivity contribution in [2.75, 3.05) is 0 Å². The fourth-order valence-electron chi connectivity index (χ4n) is 0.814. The number of hydrogen-bond donors (Lipinski definition) is 0. The third-order valence-electron chi connectivity index (χ3n) is 1.41. The van der Waals surface area contributed by atoms with Crippen LogP contribution in [0.1, 0.15) is 5.56 Å². The van der Waals surface area contributed by atoms with E-state index in [1.54, 1.807) is 6.92 Å². The molecule has 1 aromatic rings. The van der Waals surface area contributed by atoms with Crippen LogP contribution in [0.25, 0.3) is 0 Å². The van der Waals surface area contributed by atoms with Crippen LogP contribution in [0.2, 0.25) is 10.0 Å². The molecule has 0 bridgehead atoms. The topological polar surface area (TPSA) is 43.1 Å². The molecule has 12 heavy (non-hydrogen) atoms. The lowest BCUT2D eigenvalue weighted by atomic mass is 10.2. The third kappa shape index (κ3) is 1.68. The first kappa shape index (κ1) is 9.29. The Morgan fingerprint density at radius 2 is 2.00 bits per heavy atom. The maximum Gasteiger partial charge on any atom is 0.271 e. The lowest BCUT2D eigenvalue weighted by molar-refractivity contribution is -0.384. The highest BCUT2D eigenvalue weighted by molar-refractivity contribution is 6.42. The van der Waals surface area contributed by atoms with Crippen LogP contribution in [-0.4, -0.2) is 4.92 Å². The lowest BCUT2D eigenvalue weighted by Gasteiger charge is -1.99. The number of benzene rings is 1. The number of halogens is 2. The van der Waals surface area contributed by atoms with Crippen molar-refractivity contribution in [1.29, 1.82) is 0 Å². The zero-order chi connectivity index (χ0) is 9.30. The first-order chi connectivity index (χ1) is 5.52. The molecule has 0 aliphatic rings. The second-order valence-electron chi connectivity index (χ2n) is 2.32. The molecule has 0 amide bonds. The van der Waals surface area contributed by atoms with Crippen LogP contribution in [0.5, 0.6) is 0 Å². The minimum atomic E-state index is -0.505. The van der Waals surface area contributed by atoms with Gasteiger partial charge in [0.2, 0.25) is 0 Å². The number of nitrogens with zero attached hydrogens (tertiary/aromatic N) is 1. The Morgan fingerprint density at radius 3 is 2.42 bits per heavy atom. The molecule has 0 aromatic heterocycles. The monoisotopic (exact) mass is 205 g/mol. The van der Waals surface area contributed by atoms with Gasteiger partial charge < -0.3 is 0 Å². The minimum absolute atomic E-state index is 0.0399. The molecule has 0 spiro atoms. The Hall–Kier alpha value is -0.800. The summed E-state index contributed by atoms with van der Waals surface area (Å²) in [5, 5.41) is 10.9. The van der Waals surface area contributed by atoms with Crippen molar-refractivity contribution in [3.8, 4) is 0 Å². The van der Waals surface area contributed by atoms with E-state index in [-0.39, 0.29) is 10.7 Å². The van der Waals surface area contributed by atoms with E-state index in [2.05, 4.69) is 0 Å². The quantitative estimate of drug-likeness (QED) is 0.522. The molecule has 0 aliphatic carbocycles. The van der Waals surface area contributed by atoms with Gasteiger partial charge in [-0.05, 0) is 12.5 Å². The highest BCUT2D eigenvalue weighted by Crippen LogP contribution is 2.29. The lowest BCUT2D eigenvalue weighted by Crippen LogP contribution is -1.89. The van der Waals surface area contributed by atoms with E-state index in [9.17, 15) is 10.1 Å². The van der Waals surface area contributed by atoms with Gasteiger partial charge in [0, 0.05) is 12.1 Å². The summed E-state index contributed by atoms with van der Waals surface area (Å²) in [4.78, 5) is 9.82. The van der Waals surface area contributed by atoms with Crippen molar-refractivity contribution in [2.45, 2.75) is 6.92 Å². The normalized spacial score (nSPS) is 9.92. The van der Waals surface area contributed by atoms with E-state index in [1.807, 2.05) is 0 Å². The summed E-state index contributed by atoms with van der Waals surface area (Å²) < 4.78 is 0. The molecular weight excluding hydrogens is 201 g/mol. The molecule has 0 radical (unpaired) electrons. The molecule has 0 atom stereocenters. The smallest absolute Gasteiger partial charge is 0.258 e. The molecule has 3 nitrogen and oxygen atoms in total. The van der Waals surface area contributed by atoms with Gasteiger partial charge in [0.05, 0.1) is 15.0 Å². The molecule has 1 aromatic carbocycles. The molecule has 0 fully saturated rings. The fraction of sp³-hybridized carbons (Fsp3) is 0.143. The van der Waals surface area contributed by atoms with Crippen molar-refractivity contribution in [1.82, 2.24) is 0 Å².